The third kappa shape index (κ3) is 6.10. The van der Waals surface area contributed by atoms with Crippen molar-refractivity contribution in [2.24, 2.45) is 5.92 Å². The van der Waals surface area contributed by atoms with Crippen LogP contribution in [0.25, 0.3) is 0 Å². The van der Waals surface area contributed by atoms with Crippen LogP contribution in [0.4, 0.5) is 0 Å². The van der Waals surface area contributed by atoms with Crippen molar-refractivity contribution < 1.29 is 4.74 Å². The van der Waals surface area contributed by atoms with Gasteiger partial charge in [0.15, 0.2) is 0 Å². The molecule has 4 heteroatoms. The number of pyridine rings is 1. The van der Waals surface area contributed by atoms with E-state index in [1.807, 2.05) is 12.1 Å². The molecule has 20 heavy (non-hydrogen) atoms. The Kier molecular flexibility index (Phi) is 8.63. The molecule has 0 amide bonds. The third-order valence-corrected chi connectivity index (χ3v) is 3.79. The summed E-state index contributed by atoms with van der Waals surface area (Å²) in [7, 11) is 0. The van der Waals surface area contributed by atoms with Gasteiger partial charge >= 0.3 is 0 Å². The molecule has 114 valence electrons. The zero-order chi connectivity index (χ0) is 14.8. The molecule has 0 radical (unpaired) electrons. The van der Waals surface area contributed by atoms with Crippen LogP contribution in [-0.2, 0) is 6.54 Å². The van der Waals surface area contributed by atoms with E-state index in [4.69, 9.17) is 16.3 Å². The van der Waals surface area contributed by atoms with Crippen molar-refractivity contribution in [1.29, 1.82) is 0 Å². The maximum Gasteiger partial charge on any atom is 0.213 e. The number of nitrogens with one attached hydrogen (secondary N) is 1. The van der Waals surface area contributed by atoms with Gasteiger partial charge in [-0.1, -0.05) is 51.6 Å². The second-order valence-corrected chi connectivity index (χ2v) is 5.49. The lowest BCUT2D eigenvalue weighted by molar-refractivity contribution is 0.225. The summed E-state index contributed by atoms with van der Waals surface area (Å²) in [6, 6.07) is 3.72. The van der Waals surface area contributed by atoms with Crippen LogP contribution in [0.5, 0.6) is 5.88 Å². The number of aromatic nitrogens is 1. The first-order chi connectivity index (χ1) is 9.71. The van der Waals surface area contributed by atoms with Gasteiger partial charge in [-0.15, -0.1) is 0 Å². The lowest BCUT2D eigenvalue weighted by Gasteiger charge is -2.15. The maximum atomic E-state index is 6.13. The highest BCUT2D eigenvalue weighted by atomic mass is 35.5. The summed E-state index contributed by atoms with van der Waals surface area (Å²) in [5.74, 6) is 1.29. The lowest BCUT2D eigenvalue weighted by atomic mass is 10.0. The maximum absolute atomic E-state index is 6.13. The van der Waals surface area contributed by atoms with Crippen LogP contribution in [-0.4, -0.2) is 18.1 Å². The van der Waals surface area contributed by atoms with E-state index in [2.05, 4.69) is 31.1 Å². The fraction of sp³-hybridized carbons (Fsp3) is 0.688. The van der Waals surface area contributed by atoms with Crippen LogP contribution in [0.15, 0.2) is 12.1 Å². The van der Waals surface area contributed by atoms with E-state index in [1.54, 1.807) is 0 Å². The highest BCUT2D eigenvalue weighted by Gasteiger charge is 2.09. The largest absolute Gasteiger partial charge is 0.477 e. The molecule has 0 saturated heterocycles. The van der Waals surface area contributed by atoms with Crippen molar-refractivity contribution in [3.05, 3.63) is 22.8 Å². The molecular formula is C16H27ClN2O. The molecule has 3 nitrogen and oxygen atoms in total. The summed E-state index contributed by atoms with van der Waals surface area (Å²) in [6.07, 6.45) is 4.88. The van der Waals surface area contributed by atoms with Gasteiger partial charge in [0.25, 0.3) is 0 Å². The number of halogens is 1. The van der Waals surface area contributed by atoms with Gasteiger partial charge in [-0.05, 0) is 24.9 Å². The molecule has 1 aromatic heterocycles. The molecule has 0 aliphatic rings. The minimum Gasteiger partial charge on any atom is -0.477 e. The van der Waals surface area contributed by atoms with Crippen LogP contribution >= 0.6 is 11.6 Å². The first-order valence-corrected chi connectivity index (χ1v) is 8.07. The lowest BCUT2D eigenvalue weighted by Crippen LogP contribution is -2.15. The van der Waals surface area contributed by atoms with E-state index in [1.165, 1.54) is 19.3 Å². The number of rotatable bonds is 10. The van der Waals surface area contributed by atoms with Crippen LogP contribution in [0.3, 0.4) is 0 Å². The summed E-state index contributed by atoms with van der Waals surface area (Å²) in [4.78, 5) is 4.48. The first kappa shape index (κ1) is 17.3. The van der Waals surface area contributed by atoms with Crippen molar-refractivity contribution in [2.45, 2.75) is 53.0 Å². The molecular weight excluding hydrogens is 272 g/mol. The smallest absolute Gasteiger partial charge is 0.213 e. The molecule has 0 aliphatic heterocycles. The highest BCUT2D eigenvalue weighted by molar-refractivity contribution is 6.31. The SMILES string of the molecule is CCCCC(CC)COc1ccc(Cl)c(CNCC)n1. The van der Waals surface area contributed by atoms with Gasteiger partial charge < -0.3 is 10.1 Å². The predicted octanol–water partition coefficient (Wildman–Crippen LogP) is 4.44. The fourth-order valence-electron chi connectivity index (χ4n) is 2.01. The monoisotopic (exact) mass is 298 g/mol. The summed E-state index contributed by atoms with van der Waals surface area (Å²) < 4.78 is 5.83. The topological polar surface area (TPSA) is 34.1 Å². The standard InChI is InChI=1S/C16H27ClN2O/c1-4-7-8-13(5-2)12-20-16-10-9-14(17)15(19-16)11-18-6-3/h9-10,13,18H,4-8,11-12H2,1-3H3. The average Bonchev–Trinajstić information content (AvgIpc) is 2.47. The van der Waals surface area contributed by atoms with E-state index in [0.717, 1.165) is 25.3 Å². The number of nitrogens with zero attached hydrogens (tertiary/aromatic N) is 1. The normalized spacial score (nSPS) is 12.4. The molecule has 0 aromatic carbocycles. The van der Waals surface area contributed by atoms with E-state index in [-0.39, 0.29) is 0 Å². The number of unbranched alkanes of at least 4 members (excludes halogenated alkanes) is 1. The minimum absolute atomic E-state index is 0.615. The molecule has 1 N–H and O–H groups in total. The van der Waals surface area contributed by atoms with Gasteiger partial charge in [0.1, 0.15) is 0 Å². The van der Waals surface area contributed by atoms with Gasteiger partial charge in [-0.25, -0.2) is 4.98 Å². The third-order valence-electron chi connectivity index (χ3n) is 3.45. The molecule has 1 atom stereocenters. The number of hydrogen-bond acceptors (Lipinski definition) is 3. The Morgan fingerprint density at radius 2 is 2.10 bits per heavy atom. The van der Waals surface area contributed by atoms with Crippen LogP contribution in [0.1, 0.15) is 52.1 Å². The number of ether oxygens (including phenoxy) is 1. The molecule has 0 aliphatic carbocycles. The second-order valence-electron chi connectivity index (χ2n) is 5.09. The summed E-state index contributed by atoms with van der Waals surface area (Å²) in [5.41, 5.74) is 0.854. The van der Waals surface area contributed by atoms with Gasteiger partial charge in [0.2, 0.25) is 5.88 Å². The second kappa shape index (κ2) is 10.0. The molecule has 0 spiro atoms. The van der Waals surface area contributed by atoms with Crippen molar-refractivity contribution in [1.82, 2.24) is 10.3 Å². The highest BCUT2D eigenvalue weighted by Crippen LogP contribution is 2.20. The molecule has 1 rings (SSSR count). The zero-order valence-electron chi connectivity index (χ0n) is 12.9. The van der Waals surface area contributed by atoms with Crippen molar-refractivity contribution in [2.75, 3.05) is 13.2 Å². The Hall–Kier alpha value is -0.800. The Labute approximate surface area is 128 Å². The molecule has 1 aromatic rings. The predicted molar refractivity (Wildman–Crippen MR) is 85.4 cm³/mol. The van der Waals surface area contributed by atoms with Gasteiger partial charge in [-0.3, -0.25) is 0 Å². The number of hydrogen-bond donors (Lipinski definition) is 1. The zero-order valence-corrected chi connectivity index (χ0v) is 13.7. The van der Waals surface area contributed by atoms with Gasteiger partial charge in [0.05, 0.1) is 17.3 Å². The first-order valence-electron chi connectivity index (χ1n) is 7.70. The van der Waals surface area contributed by atoms with Crippen LogP contribution in [0.2, 0.25) is 5.02 Å². The fourth-order valence-corrected chi connectivity index (χ4v) is 2.19. The quantitative estimate of drug-likeness (QED) is 0.693. The Morgan fingerprint density at radius 3 is 2.75 bits per heavy atom. The summed E-state index contributed by atoms with van der Waals surface area (Å²) >= 11 is 6.13. The summed E-state index contributed by atoms with van der Waals surface area (Å²) in [6.45, 7) is 8.83. The molecule has 1 unspecified atom stereocenters. The molecule has 0 fully saturated rings. The van der Waals surface area contributed by atoms with Crippen LogP contribution in [0, 0.1) is 5.92 Å². The minimum atomic E-state index is 0.615. The average molecular weight is 299 g/mol. The Balaban J connectivity index is 2.54. The van der Waals surface area contributed by atoms with Crippen molar-refractivity contribution in [3.63, 3.8) is 0 Å². The molecule has 0 bridgehead atoms. The van der Waals surface area contributed by atoms with Crippen LogP contribution < -0.4 is 10.1 Å². The van der Waals surface area contributed by atoms with E-state index in [0.29, 0.717) is 23.4 Å². The van der Waals surface area contributed by atoms with Crippen molar-refractivity contribution >= 4 is 11.6 Å². The van der Waals surface area contributed by atoms with Gasteiger partial charge in [-0.2, -0.15) is 0 Å². The van der Waals surface area contributed by atoms with E-state index >= 15 is 0 Å². The van der Waals surface area contributed by atoms with Gasteiger partial charge in [0, 0.05) is 12.6 Å². The molecule has 0 saturated carbocycles. The summed E-state index contributed by atoms with van der Waals surface area (Å²) in [5, 5.41) is 3.93. The van der Waals surface area contributed by atoms with E-state index in [9.17, 15) is 0 Å². The van der Waals surface area contributed by atoms with E-state index < -0.39 is 0 Å². The molecule has 1 heterocycles. The Morgan fingerprint density at radius 1 is 1.30 bits per heavy atom. The van der Waals surface area contributed by atoms with Crippen molar-refractivity contribution in [3.8, 4) is 5.88 Å². The Bertz CT molecular complexity index is 385.